The first-order chi connectivity index (χ1) is 14.4. The Bertz CT molecular complexity index is 1110. The van der Waals surface area contributed by atoms with Crippen molar-refractivity contribution in [3.8, 4) is 0 Å². The van der Waals surface area contributed by atoms with Crippen molar-refractivity contribution < 1.29 is 9.59 Å². The molecule has 0 spiro atoms. The minimum absolute atomic E-state index is 0.163. The third-order valence-electron chi connectivity index (χ3n) is 5.44. The fraction of sp³-hybridized carbons (Fsp3) is 0.318. The number of anilines is 1. The lowest BCUT2D eigenvalue weighted by Gasteiger charge is -2.25. The molecule has 0 aliphatic carbocycles. The van der Waals surface area contributed by atoms with Gasteiger partial charge in [0.1, 0.15) is 11.9 Å². The number of pyridine rings is 1. The van der Waals surface area contributed by atoms with E-state index in [1.165, 1.54) is 20.5 Å². The number of nitrogens with two attached hydrogens (primary N) is 1. The molecule has 5 N–H and O–H groups in total. The lowest BCUT2D eigenvalue weighted by Crippen LogP contribution is -2.53. The number of aryl methyl sites for hydroxylation is 1. The fourth-order valence-corrected chi connectivity index (χ4v) is 4.89. The SMILES string of the molecule is Cc1nc(N)ccc1CNC(=O)[C@H](C)NC(=O)[C@H]1Cc2c(sc3ccccc23)CN1. The standard InChI is InChI=1S/C22H25N5O2S/c1-12-14(7-8-20(23)26-12)10-25-21(28)13(2)27-22(29)17-9-16-15-5-3-4-6-18(15)30-19(16)11-24-17/h3-8,13,17,24H,9-11H2,1-2H3,(H2,23,26)(H,25,28)(H,27,29)/t13-,17+/m0/s1. The number of rotatable bonds is 5. The van der Waals surface area contributed by atoms with Crippen LogP contribution in [0.4, 0.5) is 5.82 Å². The second-order valence-electron chi connectivity index (χ2n) is 7.57. The Balaban J connectivity index is 1.34. The maximum atomic E-state index is 12.8. The van der Waals surface area contributed by atoms with Gasteiger partial charge in [0.15, 0.2) is 0 Å². The first-order valence-corrected chi connectivity index (χ1v) is 10.8. The highest BCUT2D eigenvalue weighted by atomic mass is 32.1. The Kier molecular flexibility index (Phi) is 5.69. The zero-order chi connectivity index (χ0) is 21.3. The number of nitrogen functional groups attached to an aromatic ring is 1. The molecule has 4 rings (SSSR count). The van der Waals surface area contributed by atoms with E-state index in [2.05, 4.69) is 33.1 Å². The molecule has 7 nitrogen and oxygen atoms in total. The molecule has 0 saturated carbocycles. The lowest BCUT2D eigenvalue weighted by molar-refractivity contribution is -0.129. The van der Waals surface area contributed by atoms with Gasteiger partial charge in [-0.3, -0.25) is 9.59 Å². The fourth-order valence-electron chi connectivity index (χ4n) is 3.70. The number of fused-ring (bicyclic) bond motifs is 3. The molecule has 0 saturated heterocycles. The van der Waals surface area contributed by atoms with E-state index in [9.17, 15) is 9.59 Å². The van der Waals surface area contributed by atoms with Crippen LogP contribution < -0.4 is 21.7 Å². The van der Waals surface area contributed by atoms with Crippen molar-refractivity contribution in [3.05, 3.63) is 58.1 Å². The Hall–Kier alpha value is -2.97. The molecule has 3 aromatic rings. The molecule has 30 heavy (non-hydrogen) atoms. The third kappa shape index (κ3) is 4.15. The summed E-state index contributed by atoms with van der Waals surface area (Å²) in [5.74, 6) is 0.0470. The summed E-state index contributed by atoms with van der Waals surface area (Å²) >= 11 is 1.77. The van der Waals surface area contributed by atoms with E-state index in [0.717, 1.165) is 11.3 Å². The van der Waals surface area contributed by atoms with E-state index in [1.807, 2.05) is 25.1 Å². The normalized spacial score (nSPS) is 16.7. The summed E-state index contributed by atoms with van der Waals surface area (Å²) in [4.78, 5) is 30.7. The second-order valence-corrected chi connectivity index (χ2v) is 8.70. The minimum atomic E-state index is -0.637. The van der Waals surface area contributed by atoms with Crippen LogP contribution in [0, 0.1) is 6.92 Å². The number of hydrogen-bond acceptors (Lipinski definition) is 6. The van der Waals surface area contributed by atoms with E-state index in [4.69, 9.17) is 5.73 Å². The number of nitrogens with one attached hydrogen (secondary N) is 3. The number of nitrogens with zero attached hydrogens (tertiary/aromatic N) is 1. The van der Waals surface area contributed by atoms with Crippen LogP contribution in [0.5, 0.6) is 0 Å². The molecule has 0 radical (unpaired) electrons. The predicted molar refractivity (Wildman–Crippen MR) is 119 cm³/mol. The number of carbonyl (C=O) groups is 2. The van der Waals surface area contributed by atoms with Crippen molar-refractivity contribution in [2.24, 2.45) is 0 Å². The summed E-state index contributed by atoms with van der Waals surface area (Å²) < 4.78 is 1.24. The largest absolute Gasteiger partial charge is 0.384 e. The van der Waals surface area contributed by atoms with E-state index in [0.29, 0.717) is 25.3 Å². The highest BCUT2D eigenvalue weighted by Gasteiger charge is 2.28. The van der Waals surface area contributed by atoms with Gasteiger partial charge in [-0.25, -0.2) is 4.98 Å². The summed E-state index contributed by atoms with van der Waals surface area (Å²) in [5, 5.41) is 10.2. The summed E-state index contributed by atoms with van der Waals surface area (Å²) in [5.41, 5.74) is 8.56. The molecule has 8 heteroatoms. The molecule has 2 aromatic heterocycles. The maximum Gasteiger partial charge on any atom is 0.242 e. The minimum Gasteiger partial charge on any atom is -0.384 e. The van der Waals surface area contributed by atoms with E-state index in [-0.39, 0.29) is 17.9 Å². The van der Waals surface area contributed by atoms with E-state index < -0.39 is 6.04 Å². The van der Waals surface area contributed by atoms with Crippen LogP contribution in [-0.2, 0) is 29.1 Å². The van der Waals surface area contributed by atoms with Gasteiger partial charge in [0, 0.05) is 28.4 Å². The average Bonchev–Trinajstić information content (AvgIpc) is 3.10. The van der Waals surface area contributed by atoms with Gasteiger partial charge < -0.3 is 21.7 Å². The molecule has 2 atom stereocenters. The molecule has 1 aliphatic heterocycles. The van der Waals surface area contributed by atoms with Crippen molar-refractivity contribution in [2.75, 3.05) is 5.73 Å². The Morgan fingerprint density at radius 2 is 2.10 bits per heavy atom. The molecule has 1 aromatic carbocycles. The number of hydrogen-bond donors (Lipinski definition) is 4. The Labute approximate surface area is 179 Å². The highest BCUT2D eigenvalue weighted by molar-refractivity contribution is 7.19. The van der Waals surface area contributed by atoms with Crippen molar-refractivity contribution in [3.63, 3.8) is 0 Å². The molecule has 0 bridgehead atoms. The first-order valence-electron chi connectivity index (χ1n) is 9.95. The number of thiophene rings is 1. The molecule has 156 valence electrons. The zero-order valence-electron chi connectivity index (χ0n) is 17.0. The van der Waals surface area contributed by atoms with Gasteiger partial charge in [0.2, 0.25) is 11.8 Å². The van der Waals surface area contributed by atoms with Crippen LogP contribution in [0.2, 0.25) is 0 Å². The molecule has 0 fully saturated rings. The summed E-state index contributed by atoms with van der Waals surface area (Å²) in [7, 11) is 0. The van der Waals surface area contributed by atoms with Crippen molar-refractivity contribution in [1.29, 1.82) is 0 Å². The smallest absolute Gasteiger partial charge is 0.242 e. The monoisotopic (exact) mass is 423 g/mol. The van der Waals surface area contributed by atoms with E-state index in [1.54, 1.807) is 24.3 Å². The van der Waals surface area contributed by atoms with Crippen LogP contribution in [0.3, 0.4) is 0 Å². The number of carbonyl (C=O) groups excluding carboxylic acids is 2. The molecular formula is C22H25N5O2S. The Morgan fingerprint density at radius 3 is 2.90 bits per heavy atom. The van der Waals surface area contributed by atoms with Crippen LogP contribution in [0.15, 0.2) is 36.4 Å². The first kappa shape index (κ1) is 20.3. The third-order valence-corrected chi connectivity index (χ3v) is 6.65. The van der Waals surface area contributed by atoms with Crippen molar-refractivity contribution in [2.45, 2.75) is 45.4 Å². The van der Waals surface area contributed by atoms with Crippen molar-refractivity contribution >= 4 is 39.1 Å². The van der Waals surface area contributed by atoms with Crippen LogP contribution >= 0.6 is 11.3 Å². The van der Waals surface area contributed by atoms with Gasteiger partial charge in [-0.15, -0.1) is 11.3 Å². The second kappa shape index (κ2) is 8.41. The quantitative estimate of drug-likeness (QED) is 0.502. The predicted octanol–water partition coefficient (Wildman–Crippen LogP) is 2.02. The van der Waals surface area contributed by atoms with Gasteiger partial charge in [-0.05, 0) is 48.9 Å². The van der Waals surface area contributed by atoms with Gasteiger partial charge in [-0.2, -0.15) is 0 Å². The summed E-state index contributed by atoms with van der Waals surface area (Å²) in [6, 6.07) is 10.8. The van der Waals surface area contributed by atoms with Crippen LogP contribution in [0.1, 0.15) is 28.6 Å². The van der Waals surface area contributed by atoms with E-state index >= 15 is 0 Å². The lowest BCUT2D eigenvalue weighted by atomic mass is 9.98. The van der Waals surface area contributed by atoms with Crippen LogP contribution in [0.25, 0.3) is 10.1 Å². The summed E-state index contributed by atoms with van der Waals surface area (Å²) in [6.07, 6.45) is 0.621. The van der Waals surface area contributed by atoms with Crippen molar-refractivity contribution in [1.82, 2.24) is 20.9 Å². The Morgan fingerprint density at radius 1 is 1.30 bits per heavy atom. The molecule has 0 unspecified atom stereocenters. The van der Waals surface area contributed by atoms with Gasteiger partial charge in [0.25, 0.3) is 0 Å². The molecule has 3 heterocycles. The maximum absolute atomic E-state index is 12.8. The number of aromatic nitrogens is 1. The molecule has 1 aliphatic rings. The highest BCUT2D eigenvalue weighted by Crippen LogP contribution is 2.34. The van der Waals surface area contributed by atoms with Crippen LogP contribution in [-0.4, -0.2) is 28.9 Å². The summed E-state index contributed by atoms with van der Waals surface area (Å²) in [6.45, 7) is 4.54. The number of amides is 2. The van der Waals surface area contributed by atoms with Gasteiger partial charge in [-0.1, -0.05) is 24.3 Å². The topological polar surface area (TPSA) is 109 Å². The number of benzene rings is 1. The zero-order valence-corrected chi connectivity index (χ0v) is 17.8. The molecule has 2 amide bonds. The molecular weight excluding hydrogens is 398 g/mol. The van der Waals surface area contributed by atoms with Gasteiger partial charge in [0.05, 0.1) is 6.04 Å². The average molecular weight is 424 g/mol. The van der Waals surface area contributed by atoms with Gasteiger partial charge >= 0.3 is 0 Å².